The lowest BCUT2D eigenvalue weighted by molar-refractivity contribution is 0.393. The average Bonchev–Trinajstić information content (AvgIpc) is 2.04. The van der Waals surface area contributed by atoms with E-state index in [1.807, 2.05) is 13.8 Å². The number of benzene rings is 1. The molecule has 1 rings (SSSR count). The highest BCUT2D eigenvalue weighted by Gasteiger charge is 2.18. The predicted octanol–water partition coefficient (Wildman–Crippen LogP) is 2.03. The van der Waals surface area contributed by atoms with Gasteiger partial charge >= 0.3 is 0 Å². The van der Waals surface area contributed by atoms with E-state index >= 15 is 0 Å². The van der Waals surface area contributed by atoms with E-state index in [1.54, 1.807) is 0 Å². The smallest absolute Gasteiger partial charge is 0.162 e. The van der Waals surface area contributed by atoms with Crippen molar-refractivity contribution in [2.75, 3.05) is 0 Å². The molecule has 1 aromatic carbocycles. The summed E-state index contributed by atoms with van der Waals surface area (Å²) in [5.74, 6) is -0.357. The van der Waals surface area contributed by atoms with Crippen molar-refractivity contribution in [1.82, 2.24) is 0 Å². The minimum Gasteiger partial charge on any atom is -0.504 e. The van der Waals surface area contributed by atoms with Gasteiger partial charge in [0, 0.05) is 16.1 Å². The highest BCUT2D eigenvalue weighted by Crippen LogP contribution is 2.35. The van der Waals surface area contributed by atoms with Crippen LogP contribution in [0, 0.1) is 0 Å². The van der Waals surface area contributed by atoms with Gasteiger partial charge in [-0.2, -0.15) is 0 Å². The molecular weight excluding hydrogens is 202 g/mol. The summed E-state index contributed by atoms with van der Waals surface area (Å²) in [4.78, 5) is 0. The van der Waals surface area contributed by atoms with Crippen LogP contribution in [0.1, 0.15) is 19.4 Å². The molecule has 0 atom stereocenters. The highest BCUT2D eigenvalue weighted by molar-refractivity contribution is 6.31. The number of hydrogen-bond acceptors (Lipinski definition) is 3. The van der Waals surface area contributed by atoms with Crippen molar-refractivity contribution in [1.29, 1.82) is 0 Å². The molecule has 0 saturated carbocycles. The van der Waals surface area contributed by atoms with Crippen LogP contribution in [-0.4, -0.2) is 15.8 Å². The van der Waals surface area contributed by atoms with Crippen molar-refractivity contribution in [3.05, 3.63) is 22.7 Å². The lowest BCUT2D eigenvalue weighted by Crippen LogP contribution is -2.34. The third-order valence-corrected chi connectivity index (χ3v) is 2.19. The lowest BCUT2D eigenvalue weighted by atomic mass is 9.95. The second kappa shape index (κ2) is 3.67. The van der Waals surface area contributed by atoms with Crippen LogP contribution in [0.5, 0.6) is 11.5 Å². The Kier molecular flexibility index (Phi) is 2.92. The lowest BCUT2D eigenvalue weighted by Gasteiger charge is -2.20. The van der Waals surface area contributed by atoms with Crippen molar-refractivity contribution in [3.8, 4) is 11.5 Å². The van der Waals surface area contributed by atoms with Gasteiger partial charge in [0.2, 0.25) is 0 Å². The summed E-state index contributed by atoms with van der Waals surface area (Å²) < 4.78 is 0. The first-order valence-corrected chi connectivity index (χ1v) is 4.67. The highest BCUT2D eigenvalue weighted by atomic mass is 35.5. The molecule has 14 heavy (non-hydrogen) atoms. The fraction of sp³-hybridized carbons (Fsp3) is 0.400. The van der Waals surface area contributed by atoms with Gasteiger partial charge in [-0.05, 0) is 32.4 Å². The van der Waals surface area contributed by atoms with Gasteiger partial charge in [-0.3, -0.25) is 0 Å². The third kappa shape index (κ3) is 2.53. The first-order valence-electron chi connectivity index (χ1n) is 4.29. The van der Waals surface area contributed by atoms with Crippen molar-refractivity contribution in [2.24, 2.45) is 5.73 Å². The topological polar surface area (TPSA) is 66.5 Å². The SMILES string of the molecule is CC(C)(N)Cc1c(Cl)ccc(O)c1O. The van der Waals surface area contributed by atoms with E-state index in [0.717, 1.165) is 0 Å². The molecule has 78 valence electrons. The fourth-order valence-electron chi connectivity index (χ4n) is 1.22. The summed E-state index contributed by atoms with van der Waals surface area (Å²) in [7, 11) is 0. The third-order valence-electron chi connectivity index (χ3n) is 1.84. The number of phenolic OH excluding ortho intramolecular Hbond substituents is 2. The fourth-order valence-corrected chi connectivity index (χ4v) is 1.44. The number of halogens is 1. The minimum absolute atomic E-state index is 0.173. The van der Waals surface area contributed by atoms with Crippen molar-refractivity contribution < 1.29 is 10.2 Å². The largest absolute Gasteiger partial charge is 0.504 e. The quantitative estimate of drug-likeness (QED) is 0.662. The van der Waals surface area contributed by atoms with Crippen LogP contribution >= 0.6 is 11.6 Å². The Morgan fingerprint density at radius 1 is 1.36 bits per heavy atom. The molecule has 3 nitrogen and oxygen atoms in total. The van der Waals surface area contributed by atoms with Gasteiger partial charge in [-0.1, -0.05) is 11.6 Å². The molecule has 0 spiro atoms. The summed E-state index contributed by atoms with van der Waals surface area (Å²) in [6.07, 6.45) is 0.409. The molecule has 0 fully saturated rings. The monoisotopic (exact) mass is 215 g/mol. The van der Waals surface area contributed by atoms with Crippen molar-refractivity contribution >= 4 is 11.6 Å². The van der Waals surface area contributed by atoms with Crippen LogP contribution < -0.4 is 5.73 Å². The van der Waals surface area contributed by atoms with Crippen molar-refractivity contribution in [3.63, 3.8) is 0 Å². The Bertz CT molecular complexity index is 345. The molecule has 4 N–H and O–H groups in total. The van der Waals surface area contributed by atoms with Gasteiger partial charge in [0.05, 0.1) is 0 Å². The van der Waals surface area contributed by atoms with E-state index in [9.17, 15) is 10.2 Å². The van der Waals surface area contributed by atoms with Crippen molar-refractivity contribution in [2.45, 2.75) is 25.8 Å². The van der Waals surface area contributed by atoms with E-state index in [-0.39, 0.29) is 11.5 Å². The molecule has 0 saturated heterocycles. The first kappa shape index (κ1) is 11.1. The predicted molar refractivity (Wildman–Crippen MR) is 56.8 cm³/mol. The zero-order valence-corrected chi connectivity index (χ0v) is 8.97. The molecule has 0 bridgehead atoms. The number of aromatic hydroxyl groups is 2. The average molecular weight is 216 g/mol. The van der Waals surface area contributed by atoms with E-state index in [2.05, 4.69) is 0 Å². The Morgan fingerprint density at radius 3 is 2.43 bits per heavy atom. The van der Waals surface area contributed by atoms with Crippen LogP contribution in [0.15, 0.2) is 12.1 Å². The van der Waals surface area contributed by atoms with E-state index in [0.29, 0.717) is 17.0 Å². The van der Waals surface area contributed by atoms with Crippen LogP contribution in [-0.2, 0) is 6.42 Å². The summed E-state index contributed by atoms with van der Waals surface area (Å²) in [5, 5.41) is 19.2. The summed E-state index contributed by atoms with van der Waals surface area (Å²) in [6, 6.07) is 2.89. The number of hydrogen-bond donors (Lipinski definition) is 3. The second-order valence-corrected chi connectivity index (χ2v) is 4.47. The molecule has 0 radical (unpaired) electrons. The van der Waals surface area contributed by atoms with Crippen LogP contribution in [0.4, 0.5) is 0 Å². The number of phenols is 2. The number of rotatable bonds is 2. The van der Waals surface area contributed by atoms with Crippen LogP contribution in [0.2, 0.25) is 5.02 Å². The molecule has 0 amide bonds. The summed E-state index contributed by atoms with van der Waals surface area (Å²) in [6.45, 7) is 3.65. The van der Waals surface area contributed by atoms with Gasteiger partial charge in [-0.15, -0.1) is 0 Å². The minimum atomic E-state index is -0.477. The van der Waals surface area contributed by atoms with Crippen LogP contribution in [0.25, 0.3) is 0 Å². The second-order valence-electron chi connectivity index (χ2n) is 4.06. The molecule has 0 aliphatic carbocycles. The molecule has 0 aliphatic rings. The Balaban J connectivity index is 3.13. The maximum Gasteiger partial charge on any atom is 0.162 e. The van der Waals surface area contributed by atoms with E-state index in [4.69, 9.17) is 17.3 Å². The molecule has 0 aliphatic heterocycles. The molecule has 0 unspecified atom stereocenters. The molecule has 4 heteroatoms. The summed E-state index contributed by atoms with van der Waals surface area (Å²) in [5.41, 5.74) is 5.81. The van der Waals surface area contributed by atoms with Crippen LogP contribution in [0.3, 0.4) is 0 Å². The molecule has 1 aromatic rings. The maximum atomic E-state index is 9.55. The van der Waals surface area contributed by atoms with Gasteiger partial charge in [0.15, 0.2) is 11.5 Å². The standard InChI is InChI=1S/C10H14ClNO2/c1-10(2,12)5-6-7(11)3-4-8(13)9(6)14/h3-4,13-14H,5,12H2,1-2H3. The van der Waals surface area contributed by atoms with Gasteiger partial charge in [0.1, 0.15) is 0 Å². The Hall–Kier alpha value is -0.930. The summed E-state index contributed by atoms with van der Waals surface area (Å²) >= 11 is 5.88. The molecule has 0 heterocycles. The van der Waals surface area contributed by atoms with E-state index < -0.39 is 5.54 Å². The number of nitrogens with two attached hydrogens (primary N) is 1. The maximum absolute atomic E-state index is 9.55. The first-order chi connectivity index (χ1) is 6.31. The molecular formula is C10H14ClNO2. The van der Waals surface area contributed by atoms with Gasteiger partial charge < -0.3 is 15.9 Å². The van der Waals surface area contributed by atoms with E-state index in [1.165, 1.54) is 12.1 Å². The Labute approximate surface area is 88.1 Å². The zero-order chi connectivity index (χ0) is 10.9. The molecule has 0 aromatic heterocycles. The Morgan fingerprint density at radius 2 is 1.93 bits per heavy atom. The van der Waals surface area contributed by atoms with Gasteiger partial charge in [0.25, 0.3) is 0 Å². The van der Waals surface area contributed by atoms with Gasteiger partial charge in [-0.25, -0.2) is 0 Å². The normalized spacial score (nSPS) is 11.7. The zero-order valence-electron chi connectivity index (χ0n) is 8.21.